The number of carbonyl (C=O) groups is 1. The summed E-state index contributed by atoms with van der Waals surface area (Å²) in [5, 5.41) is 12.9. The first-order chi connectivity index (χ1) is 8.61. The summed E-state index contributed by atoms with van der Waals surface area (Å²) in [7, 11) is 1.61. The van der Waals surface area contributed by atoms with Crippen LogP contribution >= 0.6 is 0 Å². The summed E-state index contributed by atoms with van der Waals surface area (Å²) >= 11 is 0. The molecule has 2 rings (SSSR count). The number of aryl methyl sites for hydroxylation is 1. The quantitative estimate of drug-likeness (QED) is 0.895. The van der Waals surface area contributed by atoms with E-state index in [2.05, 4.69) is 5.10 Å². The molecule has 18 heavy (non-hydrogen) atoms. The standard InChI is InChI=1S/C13H14N2O3/c1-9-7-11(13(16)17)14-15(9)8-10-5-3-4-6-12(10)18-2/h3-7H,8H2,1-2H3,(H,16,17). The minimum atomic E-state index is -1.02. The molecule has 0 aliphatic rings. The van der Waals surface area contributed by atoms with E-state index < -0.39 is 5.97 Å². The lowest BCUT2D eigenvalue weighted by Crippen LogP contribution is -2.06. The summed E-state index contributed by atoms with van der Waals surface area (Å²) in [6, 6.07) is 9.15. The molecule has 94 valence electrons. The Morgan fingerprint density at radius 3 is 2.78 bits per heavy atom. The Kier molecular flexibility index (Phi) is 3.32. The minimum Gasteiger partial charge on any atom is -0.496 e. The maximum Gasteiger partial charge on any atom is 0.356 e. The van der Waals surface area contributed by atoms with Gasteiger partial charge < -0.3 is 9.84 Å². The number of ether oxygens (including phenoxy) is 1. The van der Waals surface area contributed by atoms with Crippen LogP contribution in [0.1, 0.15) is 21.7 Å². The normalized spacial score (nSPS) is 10.3. The second-order valence-electron chi connectivity index (χ2n) is 3.95. The summed E-state index contributed by atoms with van der Waals surface area (Å²) in [5.41, 5.74) is 1.82. The van der Waals surface area contributed by atoms with Crippen molar-refractivity contribution in [2.75, 3.05) is 7.11 Å². The van der Waals surface area contributed by atoms with E-state index in [4.69, 9.17) is 9.84 Å². The van der Waals surface area contributed by atoms with Gasteiger partial charge in [0.25, 0.3) is 0 Å². The van der Waals surface area contributed by atoms with Gasteiger partial charge in [0.15, 0.2) is 5.69 Å². The van der Waals surface area contributed by atoms with Crippen LogP contribution in [0.4, 0.5) is 0 Å². The van der Waals surface area contributed by atoms with Gasteiger partial charge in [-0.25, -0.2) is 4.79 Å². The van der Waals surface area contributed by atoms with Gasteiger partial charge in [0.05, 0.1) is 13.7 Å². The third-order valence-electron chi connectivity index (χ3n) is 2.71. The Hall–Kier alpha value is -2.30. The molecule has 0 saturated carbocycles. The van der Waals surface area contributed by atoms with Crippen molar-refractivity contribution in [2.45, 2.75) is 13.5 Å². The largest absolute Gasteiger partial charge is 0.496 e. The minimum absolute atomic E-state index is 0.0578. The molecule has 5 nitrogen and oxygen atoms in total. The lowest BCUT2D eigenvalue weighted by atomic mass is 10.2. The summed E-state index contributed by atoms with van der Waals surface area (Å²) in [4.78, 5) is 10.8. The van der Waals surface area contributed by atoms with E-state index >= 15 is 0 Å². The smallest absolute Gasteiger partial charge is 0.356 e. The molecule has 0 atom stereocenters. The van der Waals surface area contributed by atoms with Crippen LogP contribution in [0.3, 0.4) is 0 Å². The number of nitrogens with zero attached hydrogens (tertiary/aromatic N) is 2. The van der Waals surface area contributed by atoms with Crippen LogP contribution in [0.5, 0.6) is 5.75 Å². The molecular weight excluding hydrogens is 232 g/mol. The molecule has 0 unspecified atom stereocenters. The van der Waals surface area contributed by atoms with Gasteiger partial charge in [-0.05, 0) is 19.1 Å². The first-order valence-electron chi connectivity index (χ1n) is 5.51. The summed E-state index contributed by atoms with van der Waals surface area (Å²) in [6.07, 6.45) is 0. The summed E-state index contributed by atoms with van der Waals surface area (Å²) in [5.74, 6) is -0.249. The summed E-state index contributed by atoms with van der Waals surface area (Å²) in [6.45, 7) is 2.32. The fourth-order valence-electron chi connectivity index (χ4n) is 1.77. The third-order valence-corrected chi connectivity index (χ3v) is 2.71. The Morgan fingerprint density at radius 1 is 1.44 bits per heavy atom. The van der Waals surface area contributed by atoms with Crippen molar-refractivity contribution < 1.29 is 14.6 Å². The van der Waals surface area contributed by atoms with E-state index in [1.807, 2.05) is 31.2 Å². The number of benzene rings is 1. The van der Waals surface area contributed by atoms with Crippen LogP contribution in [-0.2, 0) is 6.54 Å². The first-order valence-corrected chi connectivity index (χ1v) is 5.51. The summed E-state index contributed by atoms with van der Waals surface area (Å²) < 4.78 is 6.91. The van der Waals surface area contributed by atoms with Crippen molar-refractivity contribution in [3.05, 3.63) is 47.3 Å². The molecular formula is C13H14N2O3. The second kappa shape index (κ2) is 4.91. The van der Waals surface area contributed by atoms with Crippen LogP contribution in [0.25, 0.3) is 0 Å². The molecule has 2 aromatic rings. The Balaban J connectivity index is 2.31. The molecule has 0 spiro atoms. The Labute approximate surface area is 105 Å². The molecule has 0 bridgehead atoms. The van der Waals surface area contributed by atoms with E-state index in [0.29, 0.717) is 6.54 Å². The van der Waals surface area contributed by atoms with Crippen LogP contribution in [-0.4, -0.2) is 28.0 Å². The van der Waals surface area contributed by atoms with E-state index in [9.17, 15) is 4.79 Å². The van der Waals surface area contributed by atoms with Gasteiger partial charge in [-0.3, -0.25) is 4.68 Å². The van der Waals surface area contributed by atoms with Crippen LogP contribution in [0.15, 0.2) is 30.3 Å². The molecule has 0 radical (unpaired) electrons. The van der Waals surface area contributed by atoms with Gasteiger partial charge in [-0.1, -0.05) is 18.2 Å². The fraction of sp³-hybridized carbons (Fsp3) is 0.231. The van der Waals surface area contributed by atoms with Crippen molar-refractivity contribution in [2.24, 2.45) is 0 Å². The highest BCUT2D eigenvalue weighted by Crippen LogP contribution is 2.19. The van der Waals surface area contributed by atoms with Gasteiger partial charge >= 0.3 is 5.97 Å². The van der Waals surface area contributed by atoms with E-state index in [-0.39, 0.29) is 5.69 Å². The van der Waals surface area contributed by atoms with Crippen molar-refractivity contribution in [3.63, 3.8) is 0 Å². The van der Waals surface area contributed by atoms with E-state index in [0.717, 1.165) is 17.0 Å². The number of methoxy groups -OCH3 is 1. The number of para-hydroxylation sites is 1. The molecule has 1 aromatic carbocycles. The molecule has 0 aliphatic carbocycles. The number of aromatic nitrogens is 2. The number of rotatable bonds is 4. The molecule has 0 fully saturated rings. The van der Waals surface area contributed by atoms with Crippen molar-refractivity contribution in [1.82, 2.24) is 9.78 Å². The van der Waals surface area contributed by atoms with Gasteiger partial charge in [0.1, 0.15) is 5.75 Å². The number of hydrogen-bond acceptors (Lipinski definition) is 3. The average Bonchev–Trinajstić information content (AvgIpc) is 2.72. The maximum absolute atomic E-state index is 10.8. The fourth-order valence-corrected chi connectivity index (χ4v) is 1.77. The predicted molar refractivity (Wildman–Crippen MR) is 66.0 cm³/mol. The van der Waals surface area contributed by atoms with E-state index in [1.54, 1.807) is 17.9 Å². The average molecular weight is 246 g/mol. The monoisotopic (exact) mass is 246 g/mol. The second-order valence-corrected chi connectivity index (χ2v) is 3.95. The molecule has 1 aromatic heterocycles. The topological polar surface area (TPSA) is 64.4 Å². The Bertz CT molecular complexity index is 575. The van der Waals surface area contributed by atoms with Crippen molar-refractivity contribution in [1.29, 1.82) is 0 Å². The van der Waals surface area contributed by atoms with Gasteiger partial charge in [-0.2, -0.15) is 5.10 Å². The van der Waals surface area contributed by atoms with Crippen LogP contribution in [0.2, 0.25) is 0 Å². The first kappa shape index (κ1) is 12.2. The Morgan fingerprint density at radius 2 is 2.17 bits per heavy atom. The highest BCUT2D eigenvalue weighted by Gasteiger charge is 2.11. The highest BCUT2D eigenvalue weighted by atomic mass is 16.5. The molecule has 1 heterocycles. The van der Waals surface area contributed by atoms with Gasteiger partial charge in [0.2, 0.25) is 0 Å². The van der Waals surface area contributed by atoms with Crippen molar-refractivity contribution in [3.8, 4) is 5.75 Å². The zero-order valence-corrected chi connectivity index (χ0v) is 10.3. The molecule has 0 amide bonds. The number of carboxylic acid groups (broad SMARTS) is 1. The molecule has 5 heteroatoms. The van der Waals surface area contributed by atoms with Crippen LogP contribution in [0, 0.1) is 6.92 Å². The highest BCUT2D eigenvalue weighted by molar-refractivity contribution is 5.85. The zero-order valence-electron chi connectivity index (χ0n) is 10.3. The van der Waals surface area contributed by atoms with Crippen LogP contribution < -0.4 is 4.74 Å². The number of aromatic carboxylic acids is 1. The van der Waals surface area contributed by atoms with E-state index in [1.165, 1.54) is 0 Å². The molecule has 0 saturated heterocycles. The maximum atomic E-state index is 10.8. The zero-order chi connectivity index (χ0) is 13.1. The molecule has 0 aliphatic heterocycles. The number of carboxylic acids is 1. The molecule has 1 N–H and O–H groups in total. The SMILES string of the molecule is COc1ccccc1Cn1nc(C(=O)O)cc1C. The predicted octanol–water partition coefficient (Wildman–Crippen LogP) is 1.95. The van der Waals surface area contributed by atoms with Gasteiger partial charge in [-0.15, -0.1) is 0 Å². The lowest BCUT2D eigenvalue weighted by molar-refractivity contribution is 0.0689. The lowest BCUT2D eigenvalue weighted by Gasteiger charge is -2.09. The third kappa shape index (κ3) is 2.34. The van der Waals surface area contributed by atoms with Crippen molar-refractivity contribution >= 4 is 5.97 Å². The number of hydrogen-bond donors (Lipinski definition) is 1. The van der Waals surface area contributed by atoms with Gasteiger partial charge in [0, 0.05) is 11.3 Å².